The molecule has 41 heavy (non-hydrogen) atoms. The number of benzene rings is 2. The van der Waals surface area contributed by atoms with Crippen molar-refractivity contribution in [2.45, 2.75) is 37.5 Å². The van der Waals surface area contributed by atoms with E-state index in [2.05, 4.69) is 10.6 Å². The summed E-state index contributed by atoms with van der Waals surface area (Å²) in [7, 11) is 1.49. The van der Waals surface area contributed by atoms with E-state index in [4.69, 9.17) is 4.74 Å². The lowest BCUT2D eigenvalue weighted by Gasteiger charge is -2.30. The Morgan fingerprint density at radius 2 is 1.98 bits per heavy atom. The summed E-state index contributed by atoms with van der Waals surface area (Å²) in [5.41, 5.74) is 0.894. The molecule has 12 nitrogen and oxygen atoms in total. The molecule has 0 aromatic heterocycles. The van der Waals surface area contributed by atoms with Gasteiger partial charge in [-0.05, 0) is 48.2 Å². The van der Waals surface area contributed by atoms with Crippen LogP contribution in [0.1, 0.15) is 29.5 Å². The number of anilines is 1. The zero-order valence-electron chi connectivity index (χ0n) is 22.3. The number of rotatable bonds is 8. The average Bonchev–Trinajstić information content (AvgIpc) is 3.61. The average molecular weight is 588 g/mol. The van der Waals surface area contributed by atoms with E-state index < -0.39 is 53.0 Å². The third-order valence-corrected chi connectivity index (χ3v) is 8.29. The summed E-state index contributed by atoms with van der Waals surface area (Å²) in [5, 5.41) is 5.14. The van der Waals surface area contributed by atoms with Crippen LogP contribution in [0.4, 0.5) is 19.7 Å². The van der Waals surface area contributed by atoms with Crippen LogP contribution in [0.3, 0.4) is 0 Å². The highest BCUT2D eigenvalue weighted by molar-refractivity contribution is 7.79. The zero-order chi connectivity index (χ0) is 29.3. The first-order chi connectivity index (χ1) is 19.6. The number of carbonyl (C=O) groups is 4. The normalized spacial score (nSPS) is 22.5. The lowest BCUT2D eigenvalue weighted by Crippen LogP contribution is -2.48. The highest BCUT2D eigenvalue weighted by Crippen LogP contribution is 2.46. The first-order valence-electron chi connectivity index (χ1n) is 13.1. The predicted octanol–water partition coefficient (Wildman–Crippen LogP) is 1.98. The van der Waals surface area contributed by atoms with Crippen molar-refractivity contribution in [3.63, 3.8) is 0 Å². The molecule has 2 aliphatic heterocycles. The van der Waals surface area contributed by atoms with Crippen molar-refractivity contribution in [3.05, 3.63) is 65.0 Å². The number of hydrogen-bond acceptors (Lipinski definition) is 7. The molecule has 2 aromatic carbocycles. The molecule has 3 aliphatic rings. The molecule has 3 atom stereocenters. The number of urea groups is 1. The number of nitrogens with zero attached hydrogens (tertiary/aromatic N) is 3. The van der Waals surface area contributed by atoms with Crippen molar-refractivity contribution >= 4 is 40.7 Å². The highest BCUT2D eigenvalue weighted by Gasteiger charge is 2.58. The van der Waals surface area contributed by atoms with Gasteiger partial charge in [0.2, 0.25) is 11.5 Å². The summed E-state index contributed by atoms with van der Waals surface area (Å²) < 4.78 is 39.8. The van der Waals surface area contributed by atoms with Crippen molar-refractivity contribution in [2.75, 3.05) is 37.9 Å². The molecule has 1 spiro atoms. The van der Waals surface area contributed by atoms with Crippen LogP contribution in [0.2, 0.25) is 0 Å². The number of amides is 5. The monoisotopic (exact) mass is 587 g/mol. The quantitative estimate of drug-likeness (QED) is 0.397. The number of aryl methyl sites for hydroxylation is 1. The zero-order valence-corrected chi connectivity index (χ0v) is 23.1. The molecular weight excluding hydrogens is 557 g/mol. The van der Waals surface area contributed by atoms with Crippen LogP contribution in [0.25, 0.3) is 0 Å². The Morgan fingerprint density at radius 3 is 2.68 bits per heavy atom. The number of imide groups is 1. The van der Waals surface area contributed by atoms with E-state index in [1.807, 2.05) is 0 Å². The molecule has 2 fully saturated rings. The fraction of sp³-hybridized carbons (Fsp3) is 0.407. The standard InChI is InChI=1S/C27H30FN5O7S/c1-29-25(36)30-20-6-7-22-18(12-20)8-10-27(22)24(35)33(26(37)40-27)15-23(34)32(13-17-2-4-19(28)5-3-17)21-9-11-31(14-21)16-41(38)39/h2-7,12,21H,8-11,13-16H2,1H3,(H,38,39)(H2,29,30,36)/t21-,27-/m1/s1. The van der Waals surface area contributed by atoms with Crippen LogP contribution in [0.5, 0.6) is 0 Å². The van der Waals surface area contributed by atoms with E-state index >= 15 is 0 Å². The molecule has 218 valence electrons. The van der Waals surface area contributed by atoms with Gasteiger partial charge in [-0.15, -0.1) is 0 Å². The number of carbonyl (C=O) groups excluding carboxylic acids is 4. The van der Waals surface area contributed by atoms with Crippen molar-refractivity contribution in [1.82, 2.24) is 20.0 Å². The van der Waals surface area contributed by atoms with Gasteiger partial charge in [-0.3, -0.25) is 14.5 Å². The van der Waals surface area contributed by atoms with Crippen LogP contribution >= 0.6 is 0 Å². The molecule has 14 heteroatoms. The second kappa shape index (κ2) is 11.5. The van der Waals surface area contributed by atoms with E-state index in [1.165, 1.54) is 24.1 Å². The molecule has 0 radical (unpaired) electrons. The third-order valence-electron chi connectivity index (χ3n) is 7.71. The lowest BCUT2D eigenvalue weighted by molar-refractivity contribution is -0.143. The number of likely N-dealkylation sites (tertiary alicyclic amines) is 1. The largest absolute Gasteiger partial charge is 0.427 e. The Hall–Kier alpha value is -3.88. The number of hydrogen-bond donors (Lipinski definition) is 3. The number of halogens is 1. The Balaban J connectivity index is 1.35. The second-order valence-electron chi connectivity index (χ2n) is 10.3. The third kappa shape index (κ3) is 5.80. The molecule has 3 N–H and O–H groups in total. The molecule has 1 aliphatic carbocycles. The first-order valence-corrected chi connectivity index (χ1v) is 14.4. The summed E-state index contributed by atoms with van der Waals surface area (Å²) >= 11 is -2.03. The minimum atomic E-state index is -2.03. The van der Waals surface area contributed by atoms with Crippen molar-refractivity contribution < 1.29 is 37.1 Å². The summed E-state index contributed by atoms with van der Waals surface area (Å²) in [4.78, 5) is 56.1. The molecule has 2 saturated heterocycles. The Labute approximate surface area is 238 Å². The van der Waals surface area contributed by atoms with Gasteiger partial charge in [0.05, 0.1) is 0 Å². The Bertz CT molecular complexity index is 1410. The van der Waals surface area contributed by atoms with E-state index in [0.717, 1.165) is 10.5 Å². The molecular formula is C27H30FN5O7S. The smallest absolute Gasteiger partial charge is 0.418 e. The molecule has 5 amide bonds. The van der Waals surface area contributed by atoms with E-state index in [-0.39, 0.29) is 24.9 Å². The Kier molecular flexibility index (Phi) is 8.07. The molecule has 0 bridgehead atoms. The summed E-state index contributed by atoms with van der Waals surface area (Å²) in [6.07, 6.45) is 0.233. The minimum Gasteiger partial charge on any atom is -0.427 e. The molecule has 5 rings (SSSR count). The number of ether oxygens (including phenoxy) is 1. The van der Waals surface area contributed by atoms with Crippen LogP contribution in [-0.4, -0.2) is 86.0 Å². The number of nitrogens with one attached hydrogen (secondary N) is 2. The molecule has 2 aromatic rings. The maximum atomic E-state index is 13.7. The summed E-state index contributed by atoms with van der Waals surface area (Å²) in [6, 6.07) is 9.91. The number of fused-ring (bicyclic) bond motifs is 2. The van der Waals surface area contributed by atoms with E-state index in [9.17, 15) is 32.3 Å². The van der Waals surface area contributed by atoms with Gasteiger partial charge in [0.25, 0.3) is 5.91 Å². The van der Waals surface area contributed by atoms with Crippen LogP contribution in [0.15, 0.2) is 42.5 Å². The van der Waals surface area contributed by atoms with Gasteiger partial charge in [-0.25, -0.2) is 23.1 Å². The highest BCUT2D eigenvalue weighted by atomic mass is 32.2. The lowest BCUT2D eigenvalue weighted by atomic mass is 9.94. The van der Waals surface area contributed by atoms with E-state index in [0.29, 0.717) is 42.7 Å². The summed E-state index contributed by atoms with van der Waals surface area (Å²) in [5.74, 6) is -1.62. The summed E-state index contributed by atoms with van der Waals surface area (Å²) in [6.45, 7) is 0.382. The Morgan fingerprint density at radius 1 is 1.22 bits per heavy atom. The topological polar surface area (TPSA) is 149 Å². The molecule has 1 unspecified atom stereocenters. The van der Waals surface area contributed by atoms with E-state index in [1.54, 1.807) is 35.2 Å². The molecule has 2 heterocycles. The van der Waals surface area contributed by atoms with Crippen LogP contribution in [0, 0.1) is 5.82 Å². The van der Waals surface area contributed by atoms with Gasteiger partial charge < -0.3 is 24.8 Å². The second-order valence-corrected chi connectivity index (χ2v) is 11.2. The maximum absolute atomic E-state index is 13.7. The first kappa shape index (κ1) is 28.6. The fourth-order valence-corrected chi connectivity index (χ4v) is 6.24. The fourth-order valence-electron chi connectivity index (χ4n) is 5.70. The van der Waals surface area contributed by atoms with Crippen molar-refractivity contribution in [3.8, 4) is 0 Å². The van der Waals surface area contributed by atoms with Crippen molar-refractivity contribution in [2.24, 2.45) is 0 Å². The molecule has 0 saturated carbocycles. The maximum Gasteiger partial charge on any atom is 0.418 e. The van der Waals surface area contributed by atoms with Gasteiger partial charge in [0.15, 0.2) is 11.1 Å². The van der Waals surface area contributed by atoms with Gasteiger partial charge in [0, 0.05) is 50.4 Å². The van der Waals surface area contributed by atoms with Gasteiger partial charge >= 0.3 is 12.1 Å². The minimum absolute atomic E-state index is 0.0612. The van der Waals surface area contributed by atoms with Gasteiger partial charge in [0.1, 0.15) is 18.2 Å². The predicted molar refractivity (Wildman–Crippen MR) is 145 cm³/mol. The van der Waals surface area contributed by atoms with Crippen LogP contribution in [-0.2, 0) is 44.0 Å². The van der Waals surface area contributed by atoms with Gasteiger partial charge in [-0.1, -0.05) is 18.2 Å². The van der Waals surface area contributed by atoms with Crippen LogP contribution < -0.4 is 10.6 Å². The van der Waals surface area contributed by atoms with Gasteiger partial charge in [-0.2, -0.15) is 0 Å². The van der Waals surface area contributed by atoms with Crippen molar-refractivity contribution in [1.29, 1.82) is 0 Å². The SMILES string of the molecule is CNC(=O)Nc1ccc2c(c1)CC[C@@]21OC(=O)N(CC(=O)N(Cc2ccc(F)cc2)[C@@H]2CCN(CS(=O)O)C2)C1=O.